The highest BCUT2D eigenvalue weighted by Crippen LogP contribution is 2.43. The van der Waals surface area contributed by atoms with Crippen molar-refractivity contribution in [3.05, 3.63) is 48.6 Å². The zero-order chi connectivity index (χ0) is 50.6. The first-order valence-electron chi connectivity index (χ1n) is 29.5. The molecule has 0 spiro atoms. The van der Waals surface area contributed by atoms with Crippen molar-refractivity contribution >= 4 is 13.7 Å². The number of nitrogens with zero attached hydrogens (tertiary/aromatic N) is 1. The molecule has 0 aromatic heterocycles. The average Bonchev–Trinajstić information content (AvgIpc) is 3.31. The van der Waals surface area contributed by atoms with Crippen molar-refractivity contribution in [3.63, 3.8) is 0 Å². The number of allylic oxidation sites excluding steroid dienone is 8. The van der Waals surface area contributed by atoms with E-state index in [2.05, 4.69) is 67.8 Å². The van der Waals surface area contributed by atoms with Crippen LogP contribution in [0.3, 0.4) is 0 Å². The first kappa shape index (κ1) is 67.5. The Balaban J connectivity index is 4.16. The van der Waals surface area contributed by atoms with E-state index in [1.807, 2.05) is 21.1 Å². The molecule has 0 aliphatic heterocycles. The van der Waals surface area contributed by atoms with Gasteiger partial charge in [-0.1, -0.05) is 268 Å². The van der Waals surface area contributed by atoms with Crippen LogP contribution in [0, 0.1) is 0 Å². The lowest BCUT2D eigenvalue weighted by Gasteiger charge is -2.26. The van der Waals surface area contributed by atoms with Gasteiger partial charge in [-0.2, -0.15) is 0 Å². The molecule has 9 heteroatoms. The van der Waals surface area contributed by atoms with Crippen molar-refractivity contribution < 1.29 is 32.9 Å². The van der Waals surface area contributed by atoms with Crippen molar-refractivity contribution in [3.8, 4) is 0 Å². The number of hydrogen-bond donors (Lipinski definition) is 3. The molecule has 0 aromatic rings. The number of phosphoric acid groups is 1. The molecule has 3 atom stereocenters. The maximum atomic E-state index is 13.0. The predicted molar refractivity (Wildman–Crippen MR) is 300 cm³/mol. The number of aliphatic hydroxyl groups excluding tert-OH is 1. The number of aliphatic hydroxyl groups is 1. The number of carbonyl (C=O) groups is 1. The summed E-state index contributed by atoms with van der Waals surface area (Å²) in [6.07, 6.45) is 67.4. The number of quaternary nitrogens is 1. The molecule has 0 bridgehead atoms. The highest BCUT2D eigenvalue weighted by molar-refractivity contribution is 7.47. The summed E-state index contributed by atoms with van der Waals surface area (Å²) in [4.78, 5) is 23.4. The minimum Gasteiger partial charge on any atom is -0.391 e. The average molecular weight is 993 g/mol. The number of phosphoric ester groups is 1. The standard InChI is InChI=1S/C60H115N2O6P/c1-6-8-10-12-14-16-18-20-22-24-26-28-30-32-33-35-37-39-41-43-45-47-49-51-53-59(63)58(57-68-69(65,66)67-56-55-62(3,4)5)61-60(64)54-52-50-48-46-44-42-40-38-36-34-31-29-27-25-23-21-19-17-15-13-11-9-7-2/h9,11,15,17,21,23,27,29,58-59,63H,6-8,10,12-14,16,18-20,22,24-26,28,30-57H2,1-5H3,(H-,61,64,65,66)/p+1/b11-9-,17-15-,23-21-,29-27-. The maximum Gasteiger partial charge on any atom is 0.472 e. The van der Waals surface area contributed by atoms with Crippen LogP contribution in [-0.2, 0) is 18.4 Å². The molecule has 0 rings (SSSR count). The van der Waals surface area contributed by atoms with E-state index in [-0.39, 0.29) is 19.1 Å². The number of amides is 1. The summed E-state index contributed by atoms with van der Waals surface area (Å²) in [6, 6.07) is -0.765. The van der Waals surface area contributed by atoms with E-state index in [1.165, 1.54) is 186 Å². The van der Waals surface area contributed by atoms with E-state index in [0.29, 0.717) is 23.9 Å². The minimum absolute atomic E-state index is 0.0731. The Morgan fingerprint density at radius 1 is 0.507 bits per heavy atom. The summed E-state index contributed by atoms with van der Waals surface area (Å²) in [6.45, 7) is 4.80. The largest absolute Gasteiger partial charge is 0.472 e. The van der Waals surface area contributed by atoms with Crippen molar-refractivity contribution in [2.45, 2.75) is 289 Å². The van der Waals surface area contributed by atoms with E-state index in [9.17, 15) is 19.4 Å². The smallest absolute Gasteiger partial charge is 0.391 e. The van der Waals surface area contributed by atoms with Gasteiger partial charge in [0.05, 0.1) is 39.9 Å². The van der Waals surface area contributed by atoms with Gasteiger partial charge in [-0.15, -0.1) is 0 Å². The van der Waals surface area contributed by atoms with Crippen molar-refractivity contribution in [2.24, 2.45) is 0 Å². The van der Waals surface area contributed by atoms with Crippen LogP contribution in [0.25, 0.3) is 0 Å². The molecule has 0 heterocycles. The van der Waals surface area contributed by atoms with E-state index >= 15 is 0 Å². The van der Waals surface area contributed by atoms with Crippen LogP contribution in [0.15, 0.2) is 48.6 Å². The number of unbranched alkanes of at least 4 members (excludes halogenated alkanes) is 33. The molecule has 0 aromatic carbocycles. The predicted octanol–water partition coefficient (Wildman–Crippen LogP) is 17.9. The van der Waals surface area contributed by atoms with Crippen LogP contribution in [0.5, 0.6) is 0 Å². The molecule has 0 saturated carbocycles. The minimum atomic E-state index is -4.33. The number of nitrogens with one attached hydrogen (secondary N) is 1. The Kier molecular flexibility index (Phi) is 50.2. The second-order valence-corrected chi connectivity index (χ2v) is 22.8. The van der Waals surface area contributed by atoms with Gasteiger partial charge < -0.3 is 19.8 Å². The quantitative estimate of drug-likeness (QED) is 0.0243. The molecule has 69 heavy (non-hydrogen) atoms. The Labute approximate surface area is 429 Å². The number of carbonyl (C=O) groups excluding carboxylic acids is 1. The number of hydrogen-bond acceptors (Lipinski definition) is 5. The molecule has 0 aliphatic carbocycles. The summed E-state index contributed by atoms with van der Waals surface area (Å²) >= 11 is 0. The highest BCUT2D eigenvalue weighted by atomic mass is 31.2. The molecular weight excluding hydrogens is 876 g/mol. The summed E-state index contributed by atoms with van der Waals surface area (Å²) in [5.74, 6) is -0.147. The Morgan fingerprint density at radius 2 is 0.870 bits per heavy atom. The lowest BCUT2D eigenvalue weighted by atomic mass is 10.0. The third-order valence-corrected chi connectivity index (χ3v) is 14.3. The fraction of sp³-hybridized carbons (Fsp3) is 0.850. The van der Waals surface area contributed by atoms with Crippen molar-refractivity contribution in [1.82, 2.24) is 5.32 Å². The first-order valence-corrected chi connectivity index (χ1v) is 31.0. The summed E-state index contributed by atoms with van der Waals surface area (Å²) in [7, 11) is 1.62. The zero-order valence-electron chi connectivity index (χ0n) is 46.3. The van der Waals surface area contributed by atoms with Crippen molar-refractivity contribution in [1.29, 1.82) is 0 Å². The highest BCUT2D eigenvalue weighted by Gasteiger charge is 2.28. The van der Waals surface area contributed by atoms with Gasteiger partial charge in [-0.3, -0.25) is 13.8 Å². The summed E-state index contributed by atoms with van der Waals surface area (Å²) in [5, 5.41) is 14.1. The van der Waals surface area contributed by atoms with Gasteiger partial charge in [-0.25, -0.2) is 4.57 Å². The van der Waals surface area contributed by atoms with E-state index in [4.69, 9.17) is 9.05 Å². The normalized spacial score (nSPS) is 14.2. The van der Waals surface area contributed by atoms with Gasteiger partial charge >= 0.3 is 7.82 Å². The molecule has 3 N–H and O–H groups in total. The Hall–Kier alpha value is -1.54. The van der Waals surface area contributed by atoms with Gasteiger partial charge in [0, 0.05) is 6.42 Å². The molecule has 0 radical (unpaired) electrons. The van der Waals surface area contributed by atoms with Crippen LogP contribution in [-0.4, -0.2) is 73.4 Å². The SMILES string of the molecule is CC/C=C\C/C=C\C/C=C\C/C=C\CCCCCCCCCCCCC(=O)NC(COP(=O)(O)OCC[N+](C)(C)C)C(O)CCCCCCCCCCCCCCCCCCCCCCCCCC. The van der Waals surface area contributed by atoms with Crippen LogP contribution < -0.4 is 5.32 Å². The molecule has 406 valence electrons. The molecule has 0 saturated heterocycles. The van der Waals surface area contributed by atoms with Gasteiger partial charge in [0.25, 0.3) is 0 Å². The summed E-state index contributed by atoms with van der Waals surface area (Å²) in [5.41, 5.74) is 0. The third-order valence-electron chi connectivity index (χ3n) is 13.3. The molecule has 0 aliphatic rings. The van der Waals surface area contributed by atoms with Crippen LogP contribution in [0.2, 0.25) is 0 Å². The van der Waals surface area contributed by atoms with E-state index in [0.717, 1.165) is 64.2 Å². The molecule has 3 unspecified atom stereocenters. The van der Waals surface area contributed by atoms with Crippen LogP contribution >= 0.6 is 7.82 Å². The van der Waals surface area contributed by atoms with Gasteiger partial charge in [-0.05, 0) is 51.4 Å². The Bertz CT molecular complexity index is 1260. The van der Waals surface area contributed by atoms with Gasteiger partial charge in [0.1, 0.15) is 13.2 Å². The van der Waals surface area contributed by atoms with Crippen LogP contribution in [0.1, 0.15) is 277 Å². The Morgan fingerprint density at radius 3 is 1.28 bits per heavy atom. The fourth-order valence-electron chi connectivity index (χ4n) is 8.75. The maximum absolute atomic E-state index is 13.0. The number of rotatable bonds is 54. The number of likely N-dealkylation sites (N-methyl/N-ethyl adjacent to an activating group) is 1. The van der Waals surface area contributed by atoms with Crippen molar-refractivity contribution in [2.75, 3.05) is 40.9 Å². The molecular formula is C60H116N2O6P+. The van der Waals surface area contributed by atoms with Gasteiger partial charge in [0.15, 0.2) is 0 Å². The summed E-state index contributed by atoms with van der Waals surface area (Å²) < 4.78 is 23.8. The monoisotopic (exact) mass is 992 g/mol. The second-order valence-electron chi connectivity index (χ2n) is 21.3. The first-order chi connectivity index (χ1) is 33.5. The van der Waals surface area contributed by atoms with Crippen LogP contribution in [0.4, 0.5) is 0 Å². The second kappa shape index (κ2) is 51.4. The van der Waals surface area contributed by atoms with Gasteiger partial charge in [0.2, 0.25) is 5.91 Å². The lowest BCUT2D eigenvalue weighted by molar-refractivity contribution is -0.870. The zero-order valence-corrected chi connectivity index (χ0v) is 47.2. The van der Waals surface area contributed by atoms with E-state index < -0.39 is 20.0 Å². The molecule has 1 amide bonds. The topological polar surface area (TPSA) is 105 Å². The molecule has 0 fully saturated rings. The lowest BCUT2D eigenvalue weighted by Crippen LogP contribution is -2.46. The fourth-order valence-corrected chi connectivity index (χ4v) is 9.48. The third kappa shape index (κ3) is 54.1. The van der Waals surface area contributed by atoms with E-state index in [1.54, 1.807) is 0 Å². The molecule has 8 nitrogen and oxygen atoms in total.